The number of nitrogens with one attached hydrogen (secondary N) is 1. The maximum atomic E-state index is 13.5. The molecule has 4 rings (SSSR count). The van der Waals surface area contributed by atoms with Crippen LogP contribution in [0.25, 0.3) is 0 Å². The van der Waals surface area contributed by atoms with E-state index in [0.717, 1.165) is 5.56 Å². The lowest BCUT2D eigenvalue weighted by molar-refractivity contribution is -0.155. The van der Waals surface area contributed by atoms with Gasteiger partial charge in [-0.25, -0.2) is 0 Å². The van der Waals surface area contributed by atoms with Crippen LogP contribution in [0.2, 0.25) is 0 Å². The first-order valence-electron chi connectivity index (χ1n) is 10.6. The van der Waals surface area contributed by atoms with E-state index >= 15 is 0 Å². The van der Waals surface area contributed by atoms with E-state index < -0.39 is 41.6 Å². The van der Waals surface area contributed by atoms with Crippen molar-refractivity contribution in [3.8, 4) is 0 Å². The number of esters is 1. The molecule has 7 atom stereocenters. The van der Waals surface area contributed by atoms with Crippen molar-refractivity contribution >= 4 is 33.7 Å². The standard InChI is InChI=1S/C22H27BrN2O6/c1-3-30-21(29)15-16-20(28)25(12(2)11-26)18(22(16)9-14(23)17(15)31-22)19(27)24-10-13-7-5-4-6-8-13/h4-8,12,14-18,26H,3,9-11H2,1-2H3,(H,24,27)/t12-,14?,15+,16+,17+,18?,22?/m1/s1. The van der Waals surface area contributed by atoms with Crippen LogP contribution in [-0.4, -0.2) is 69.6 Å². The van der Waals surface area contributed by atoms with E-state index in [1.54, 1.807) is 13.8 Å². The van der Waals surface area contributed by atoms with Crippen LogP contribution in [0.15, 0.2) is 30.3 Å². The van der Waals surface area contributed by atoms with Gasteiger partial charge in [-0.2, -0.15) is 0 Å². The van der Waals surface area contributed by atoms with Gasteiger partial charge in [0.15, 0.2) is 0 Å². The van der Waals surface area contributed by atoms with Gasteiger partial charge in [0.25, 0.3) is 0 Å². The fourth-order valence-electron chi connectivity index (χ4n) is 5.32. The Hall–Kier alpha value is -1.97. The van der Waals surface area contributed by atoms with Gasteiger partial charge >= 0.3 is 5.97 Å². The van der Waals surface area contributed by atoms with E-state index in [9.17, 15) is 19.5 Å². The van der Waals surface area contributed by atoms with Gasteiger partial charge in [-0.05, 0) is 25.8 Å². The van der Waals surface area contributed by atoms with Crippen LogP contribution in [-0.2, 0) is 30.4 Å². The zero-order chi connectivity index (χ0) is 22.3. The lowest BCUT2D eigenvalue weighted by Gasteiger charge is -2.35. The number of carbonyl (C=O) groups excluding carboxylic acids is 3. The maximum Gasteiger partial charge on any atom is 0.312 e. The zero-order valence-electron chi connectivity index (χ0n) is 17.5. The summed E-state index contributed by atoms with van der Waals surface area (Å²) in [6.07, 6.45) is -0.119. The highest BCUT2D eigenvalue weighted by molar-refractivity contribution is 9.09. The van der Waals surface area contributed by atoms with Gasteiger partial charge in [0.2, 0.25) is 11.8 Å². The average molecular weight is 495 g/mol. The van der Waals surface area contributed by atoms with Crippen LogP contribution >= 0.6 is 15.9 Å². The number of carbonyl (C=O) groups is 3. The molecular weight excluding hydrogens is 468 g/mol. The number of halogens is 1. The second-order valence-electron chi connectivity index (χ2n) is 8.40. The molecule has 0 radical (unpaired) electrons. The zero-order valence-corrected chi connectivity index (χ0v) is 19.1. The van der Waals surface area contributed by atoms with E-state index in [1.807, 2.05) is 30.3 Å². The highest BCUT2D eigenvalue weighted by Gasteiger charge is 2.77. The SMILES string of the molecule is CCOC(=O)[C@H]1[C@H]2C(=O)N([C@H](C)CO)C(C(=O)NCc3ccccc3)C23CC(Br)[C@@H]1O3. The highest BCUT2D eigenvalue weighted by Crippen LogP contribution is 2.60. The molecule has 2 amide bonds. The van der Waals surface area contributed by atoms with Gasteiger partial charge in [0.05, 0.1) is 37.2 Å². The van der Waals surface area contributed by atoms with Crippen molar-refractivity contribution in [1.29, 1.82) is 0 Å². The van der Waals surface area contributed by atoms with E-state index in [0.29, 0.717) is 13.0 Å². The van der Waals surface area contributed by atoms with Crippen LogP contribution in [0.3, 0.4) is 0 Å². The van der Waals surface area contributed by atoms with Crippen LogP contribution in [0.1, 0.15) is 25.8 Å². The fourth-order valence-corrected chi connectivity index (χ4v) is 6.26. The number of aliphatic hydroxyl groups is 1. The monoisotopic (exact) mass is 494 g/mol. The normalized spacial score (nSPS) is 34.5. The summed E-state index contributed by atoms with van der Waals surface area (Å²) in [6.45, 7) is 3.59. The highest BCUT2D eigenvalue weighted by atomic mass is 79.9. The lowest BCUT2D eigenvalue weighted by atomic mass is 9.70. The van der Waals surface area contributed by atoms with Gasteiger partial charge in [-0.3, -0.25) is 14.4 Å². The number of fused-ring (bicyclic) bond motifs is 1. The molecule has 1 aromatic rings. The third-order valence-electron chi connectivity index (χ3n) is 6.58. The second kappa shape index (κ2) is 8.52. The molecular formula is C22H27BrN2O6. The van der Waals surface area contributed by atoms with Crippen LogP contribution in [0.5, 0.6) is 0 Å². The van der Waals surface area contributed by atoms with Gasteiger partial charge in [-0.1, -0.05) is 46.3 Å². The molecule has 0 saturated carbocycles. The minimum Gasteiger partial charge on any atom is -0.466 e. The van der Waals surface area contributed by atoms with Crippen molar-refractivity contribution in [2.75, 3.05) is 13.2 Å². The summed E-state index contributed by atoms with van der Waals surface area (Å²) < 4.78 is 11.5. The number of nitrogens with zero attached hydrogens (tertiary/aromatic N) is 1. The number of aliphatic hydroxyl groups excluding tert-OH is 1. The minimum absolute atomic E-state index is 0.181. The van der Waals surface area contributed by atoms with Gasteiger partial charge in [-0.15, -0.1) is 0 Å². The van der Waals surface area contributed by atoms with Gasteiger partial charge in [0, 0.05) is 11.4 Å². The van der Waals surface area contributed by atoms with Crippen LogP contribution < -0.4 is 5.32 Å². The lowest BCUT2D eigenvalue weighted by Crippen LogP contribution is -2.57. The van der Waals surface area contributed by atoms with E-state index in [4.69, 9.17) is 9.47 Å². The Labute approximate surface area is 189 Å². The van der Waals surface area contributed by atoms with E-state index in [1.165, 1.54) is 4.90 Å². The molecule has 168 valence electrons. The molecule has 2 bridgehead atoms. The average Bonchev–Trinajstić information content (AvgIpc) is 3.36. The number of rotatable bonds is 7. The summed E-state index contributed by atoms with van der Waals surface area (Å²) in [4.78, 5) is 40.9. The largest absolute Gasteiger partial charge is 0.466 e. The smallest absolute Gasteiger partial charge is 0.312 e. The molecule has 2 N–H and O–H groups in total. The van der Waals surface area contributed by atoms with Crippen molar-refractivity contribution in [3.05, 3.63) is 35.9 Å². The Morgan fingerprint density at radius 3 is 2.74 bits per heavy atom. The van der Waals surface area contributed by atoms with Crippen LogP contribution in [0.4, 0.5) is 0 Å². The van der Waals surface area contributed by atoms with Crippen molar-refractivity contribution in [1.82, 2.24) is 10.2 Å². The van der Waals surface area contributed by atoms with E-state index in [-0.39, 0.29) is 29.9 Å². The Kier molecular flexibility index (Phi) is 6.11. The topological polar surface area (TPSA) is 105 Å². The minimum atomic E-state index is -1.14. The van der Waals surface area contributed by atoms with Crippen molar-refractivity contribution in [3.63, 3.8) is 0 Å². The predicted molar refractivity (Wildman–Crippen MR) is 114 cm³/mol. The number of ether oxygens (including phenoxy) is 2. The number of hydrogen-bond donors (Lipinski definition) is 2. The molecule has 3 heterocycles. The Bertz CT molecular complexity index is 867. The molecule has 1 spiro atoms. The third kappa shape index (κ3) is 3.47. The van der Waals surface area contributed by atoms with Crippen LogP contribution in [0, 0.1) is 11.8 Å². The molecule has 3 fully saturated rings. The molecule has 1 aromatic carbocycles. The Morgan fingerprint density at radius 2 is 2.10 bits per heavy atom. The molecule has 0 aliphatic carbocycles. The summed E-state index contributed by atoms with van der Waals surface area (Å²) >= 11 is 3.59. The number of benzene rings is 1. The summed E-state index contributed by atoms with van der Waals surface area (Å²) in [5.41, 5.74) is -0.215. The quantitative estimate of drug-likeness (QED) is 0.432. The molecule has 3 aliphatic rings. The Balaban J connectivity index is 1.68. The number of hydrogen-bond acceptors (Lipinski definition) is 6. The molecule has 9 heteroatoms. The molecule has 3 unspecified atom stereocenters. The number of likely N-dealkylation sites (tertiary alicyclic amines) is 1. The van der Waals surface area contributed by atoms with E-state index in [2.05, 4.69) is 21.2 Å². The fraction of sp³-hybridized carbons (Fsp3) is 0.591. The molecule has 31 heavy (non-hydrogen) atoms. The molecule has 3 saturated heterocycles. The second-order valence-corrected chi connectivity index (χ2v) is 9.57. The number of amides is 2. The Morgan fingerprint density at radius 1 is 1.39 bits per heavy atom. The third-order valence-corrected chi connectivity index (χ3v) is 7.43. The summed E-state index contributed by atoms with van der Waals surface area (Å²) in [5, 5.41) is 12.7. The summed E-state index contributed by atoms with van der Waals surface area (Å²) in [6, 6.07) is 7.93. The first-order valence-corrected chi connectivity index (χ1v) is 11.5. The predicted octanol–water partition coefficient (Wildman–Crippen LogP) is 0.995. The molecule has 8 nitrogen and oxygen atoms in total. The van der Waals surface area contributed by atoms with Crippen molar-refractivity contribution in [2.45, 2.75) is 55.4 Å². The first-order chi connectivity index (χ1) is 14.9. The van der Waals surface area contributed by atoms with Crippen molar-refractivity contribution in [2.24, 2.45) is 11.8 Å². The maximum absolute atomic E-state index is 13.5. The molecule has 3 aliphatic heterocycles. The van der Waals surface area contributed by atoms with Gasteiger partial charge in [0.1, 0.15) is 11.6 Å². The first kappa shape index (κ1) is 22.2. The van der Waals surface area contributed by atoms with Crippen molar-refractivity contribution < 1.29 is 29.0 Å². The van der Waals surface area contributed by atoms with Gasteiger partial charge < -0.3 is 24.8 Å². The summed E-state index contributed by atoms with van der Waals surface area (Å²) in [7, 11) is 0. The summed E-state index contributed by atoms with van der Waals surface area (Å²) in [5.74, 6) is -2.79. The number of alkyl halides is 1. The molecule has 0 aromatic heterocycles.